The standard InChI is InChI=1S/C21H22N2O3S/c1-23-9-8-19-16-12-4-5-13(24-2)17(16)26-18(19)20(25-3)6-7-21(19,14(23)10-12)27-15(20)11-22/h4-7,14-15,18H,8-10H2,1-3H3/t14-,15+,18-,19+,20+,21-/m1/s1. The smallest absolute Gasteiger partial charge is 0.166 e. The fourth-order valence-corrected chi connectivity index (χ4v) is 8.63. The van der Waals surface area contributed by atoms with Crippen LogP contribution in [-0.2, 0) is 16.6 Å². The number of hydrogen-bond acceptors (Lipinski definition) is 6. The fraction of sp³-hybridized carbons (Fsp3) is 0.571. The Kier molecular flexibility index (Phi) is 2.92. The third kappa shape index (κ3) is 1.45. The monoisotopic (exact) mass is 382 g/mol. The lowest BCUT2D eigenvalue weighted by Crippen LogP contribution is -2.81. The predicted octanol–water partition coefficient (Wildman–Crippen LogP) is 2.29. The van der Waals surface area contributed by atoms with E-state index in [-0.39, 0.29) is 21.5 Å². The highest BCUT2D eigenvalue weighted by atomic mass is 32.2. The van der Waals surface area contributed by atoms with Crippen LogP contribution in [0.15, 0.2) is 24.3 Å². The van der Waals surface area contributed by atoms with Gasteiger partial charge in [-0.1, -0.05) is 12.1 Å². The highest BCUT2D eigenvalue weighted by Crippen LogP contribution is 2.73. The molecule has 2 fully saturated rings. The van der Waals surface area contributed by atoms with E-state index in [1.807, 2.05) is 6.07 Å². The van der Waals surface area contributed by atoms with Crippen molar-refractivity contribution in [2.45, 2.75) is 46.0 Å². The van der Waals surface area contributed by atoms with E-state index in [1.54, 1.807) is 26.0 Å². The van der Waals surface area contributed by atoms with Gasteiger partial charge in [0, 0.05) is 18.7 Å². The van der Waals surface area contributed by atoms with Crippen LogP contribution < -0.4 is 9.47 Å². The van der Waals surface area contributed by atoms with Crippen LogP contribution in [0.5, 0.6) is 11.5 Å². The molecule has 0 amide bonds. The average molecular weight is 382 g/mol. The van der Waals surface area contributed by atoms with Gasteiger partial charge in [0.15, 0.2) is 11.5 Å². The maximum Gasteiger partial charge on any atom is 0.166 e. The van der Waals surface area contributed by atoms with Crippen LogP contribution in [0.4, 0.5) is 0 Å². The number of benzene rings is 1. The second kappa shape index (κ2) is 4.83. The summed E-state index contributed by atoms with van der Waals surface area (Å²) in [6.07, 6.45) is 6.25. The largest absolute Gasteiger partial charge is 0.493 e. The van der Waals surface area contributed by atoms with Crippen LogP contribution in [0.25, 0.3) is 0 Å². The van der Waals surface area contributed by atoms with Gasteiger partial charge in [0.05, 0.1) is 23.3 Å². The zero-order valence-corrected chi connectivity index (χ0v) is 16.5. The Hall–Kier alpha value is -1.68. The molecule has 5 nitrogen and oxygen atoms in total. The van der Waals surface area contributed by atoms with E-state index in [0.29, 0.717) is 6.04 Å². The summed E-state index contributed by atoms with van der Waals surface area (Å²) in [6.45, 7) is 1.02. The molecule has 0 radical (unpaired) electrons. The number of ether oxygens (including phenoxy) is 3. The first-order valence-corrected chi connectivity index (χ1v) is 10.4. The van der Waals surface area contributed by atoms with Crippen molar-refractivity contribution >= 4 is 11.8 Å². The Morgan fingerprint density at radius 1 is 1.33 bits per heavy atom. The Bertz CT molecular complexity index is 942. The number of nitrogens with zero attached hydrogens (tertiary/aromatic N) is 2. The molecule has 1 aromatic carbocycles. The SMILES string of the molecule is COc1ccc2c3c1O[C@H]1[C@]4(OC)C=C[C@@]5(S[C@H]4C#N)[C@@H](C2)N(C)CC[C@]315. The highest BCUT2D eigenvalue weighted by Gasteiger charge is 2.80. The van der Waals surface area contributed by atoms with Crippen molar-refractivity contribution in [1.29, 1.82) is 5.26 Å². The van der Waals surface area contributed by atoms with Gasteiger partial charge in [-0.15, -0.1) is 11.8 Å². The summed E-state index contributed by atoms with van der Waals surface area (Å²) in [5, 5.41) is 9.73. The van der Waals surface area contributed by atoms with E-state index in [0.717, 1.165) is 30.9 Å². The molecular formula is C21H22N2O3S. The zero-order chi connectivity index (χ0) is 18.6. The lowest BCUT2D eigenvalue weighted by atomic mass is 9.50. The van der Waals surface area contributed by atoms with E-state index in [2.05, 4.69) is 36.2 Å². The van der Waals surface area contributed by atoms with Gasteiger partial charge in [-0.05, 0) is 44.1 Å². The number of methoxy groups -OCH3 is 2. The second-order valence-corrected chi connectivity index (χ2v) is 9.74. The van der Waals surface area contributed by atoms with Crippen LogP contribution in [0.1, 0.15) is 17.5 Å². The third-order valence-electron chi connectivity index (χ3n) is 7.75. The van der Waals surface area contributed by atoms with Gasteiger partial charge in [-0.25, -0.2) is 0 Å². The molecular weight excluding hydrogens is 360 g/mol. The number of nitriles is 1. The number of likely N-dealkylation sites (N-methyl/N-ethyl adjacent to an activating group) is 1. The van der Waals surface area contributed by atoms with Crippen LogP contribution in [0, 0.1) is 11.3 Å². The average Bonchev–Trinajstić information content (AvgIpc) is 3.07. The summed E-state index contributed by atoms with van der Waals surface area (Å²) in [4.78, 5) is 2.48. The third-order valence-corrected chi connectivity index (χ3v) is 9.62. The van der Waals surface area contributed by atoms with Crippen LogP contribution in [0.2, 0.25) is 0 Å². The van der Waals surface area contributed by atoms with E-state index < -0.39 is 5.60 Å². The molecule has 0 N–H and O–H groups in total. The molecule has 6 heteroatoms. The van der Waals surface area contributed by atoms with Crippen LogP contribution in [-0.4, -0.2) is 60.5 Å². The summed E-state index contributed by atoms with van der Waals surface area (Å²) < 4.78 is 18.3. The molecule has 6 atom stereocenters. The van der Waals surface area contributed by atoms with Gasteiger partial charge >= 0.3 is 0 Å². The minimum Gasteiger partial charge on any atom is -0.493 e. The molecule has 0 unspecified atom stereocenters. The molecule has 0 saturated carbocycles. The van der Waals surface area contributed by atoms with Crippen LogP contribution >= 0.6 is 11.8 Å². The van der Waals surface area contributed by atoms with Crippen molar-refractivity contribution < 1.29 is 14.2 Å². The molecule has 6 aliphatic rings. The van der Waals surface area contributed by atoms with Crippen LogP contribution in [0.3, 0.4) is 0 Å². The summed E-state index contributed by atoms with van der Waals surface area (Å²) in [5.74, 6) is 1.66. The summed E-state index contributed by atoms with van der Waals surface area (Å²) in [6, 6.07) is 7.11. The topological polar surface area (TPSA) is 54.7 Å². The minimum atomic E-state index is -0.736. The highest BCUT2D eigenvalue weighted by molar-refractivity contribution is 8.02. The zero-order valence-electron chi connectivity index (χ0n) is 15.7. The first kappa shape index (κ1) is 16.3. The van der Waals surface area contributed by atoms with Crippen molar-refractivity contribution in [3.05, 3.63) is 35.4 Å². The molecule has 2 saturated heterocycles. The summed E-state index contributed by atoms with van der Waals surface area (Å²) >= 11 is 1.80. The lowest BCUT2D eigenvalue weighted by Gasteiger charge is -2.69. The number of likely N-dealkylation sites (tertiary alicyclic amines) is 1. The number of rotatable bonds is 2. The molecule has 0 aromatic heterocycles. The number of thioether (sulfide) groups is 1. The predicted molar refractivity (Wildman–Crippen MR) is 102 cm³/mol. The molecule has 4 heterocycles. The maximum absolute atomic E-state index is 10.0. The molecule has 4 aliphatic heterocycles. The molecule has 27 heavy (non-hydrogen) atoms. The molecule has 2 aliphatic carbocycles. The number of hydrogen-bond donors (Lipinski definition) is 0. The maximum atomic E-state index is 10.0. The van der Waals surface area contributed by atoms with Gasteiger partial charge in [-0.2, -0.15) is 5.26 Å². The van der Waals surface area contributed by atoms with E-state index in [1.165, 1.54) is 11.1 Å². The molecule has 4 bridgehead atoms. The van der Waals surface area contributed by atoms with E-state index in [4.69, 9.17) is 14.2 Å². The first-order valence-electron chi connectivity index (χ1n) is 9.48. The quantitative estimate of drug-likeness (QED) is 0.732. The molecule has 2 spiro atoms. The summed E-state index contributed by atoms with van der Waals surface area (Å²) in [7, 11) is 5.63. The Labute approximate surface area is 163 Å². The first-order chi connectivity index (χ1) is 13.1. The van der Waals surface area contributed by atoms with Crippen molar-refractivity contribution in [2.24, 2.45) is 0 Å². The fourth-order valence-electron chi connectivity index (χ4n) is 6.61. The minimum absolute atomic E-state index is 0.171. The Balaban J connectivity index is 1.73. The van der Waals surface area contributed by atoms with Gasteiger partial charge in [-0.3, -0.25) is 0 Å². The normalized spacial score (nSPS) is 45.2. The van der Waals surface area contributed by atoms with Crippen molar-refractivity contribution in [2.75, 3.05) is 27.8 Å². The van der Waals surface area contributed by atoms with Gasteiger partial charge in [0.25, 0.3) is 0 Å². The molecule has 7 rings (SSSR count). The molecule has 140 valence electrons. The number of fused-ring (bicyclic) bond motifs is 1. The second-order valence-electron chi connectivity index (χ2n) is 8.36. The number of piperidine rings is 1. The van der Waals surface area contributed by atoms with E-state index in [9.17, 15) is 5.26 Å². The van der Waals surface area contributed by atoms with Gasteiger partial charge in [0.2, 0.25) is 0 Å². The van der Waals surface area contributed by atoms with Crippen molar-refractivity contribution in [3.63, 3.8) is 0 Å². The van der Waals surface area contributed by atoms with Crippen molar-refractivity contribution in [3.8, 4) is 17.6 Å². The molecule has 1 aromatic rings. The Morgan fingerprint density at radius 2 is 2.19 bits per heavy atom. The van der Waals surface area contributed by atoms with Gasteiger partial charge in [0.1, 0.15) is 17.0 Å². The summed E-state index contributed by atoms with van der Waals surface area (Å²) in [5.41, 5.74) is 1.76. The van der Waals surface area contributed by atoms with E-state index >= 15 is 0 Å². The van der Waals surface area contributed by atoms with Gasteiger partial charge < -0.3 is 19.1 Å². The Morgan fingerprint density at radius 3 is 2.93 bits per heavy atom. The lowest BCUT2D eigenvalue weighted by molar-refractivity contribution is -0.112. The van der Waals surface area contributed by atoms with Crippen molar-refractivity contribution in [1.82, 2.24) is 4.90 Å².